The number of hydrogen-bond acceptors (Lipinski definition) is 5. The molecule has 2 aromatic carbocycles. The minimum Gasteiger partial charge on any atom is -0.484 e. The van der Waals surface area contributed by atoms with Gasteiger partial charge in [0.1, 0.15) is 6.10 Å². The summed E-state index contributed by atoms with van der Waals surface area (Å²) in [6, 6.07) is 18.7. The van der Waals surface area contributed by atoms with E-state index in [9.17, 15) is 8.78 Å². The molecule has 1 saturated heterocycles. The van der Waals surface area contributed by atoms with Crippen LogP contribution in [0.5, 0.6) is 11.5 Å². The molecule has 0 radical (unpaired) electrons. The highest BCUT2D eigenvalue weighted by atomic mass is 19.3. The molecule has 0 bridgehead atoms. The zero-order chi connectivity index (χ0) is 20.8. The van der Waals surface area contributed by atoms with E-state index in [1.165, 1.54) is 6.07 Å². The number of rotatable bonds is 8. The number of alkyl halides is 2. The van der Waals surface area contributed by atoms with Crippen molar-refractivity contribution >= 4 is 11.4 Å². The SMILES string of the molecule is FC(F)Oc1ccc(N(Cc2cccnc2)c2ccccc2)cc1O[C@@H]1CCOC1. The standard InChI is InChI=1S/C23H22F2N2O3/c24-23(25)30-21-9-8-19(13-22(21)29-20-10-12-28-16-20)27(18-6-2-1-3-7-18)15-17-5-4-11-26-14-17/h1-9,11,13-14,20,23H,10,12,15-16H2/t20-/m1/s1. The summed E-state index contributed by atoms with van der Waals surface area (Å²) in [7, 11) is 0. The maximum atomic E-state index is 12.9. The Morgan fingerprint density at radius 1 is 1.03 bits per heavy atom. The summed E-state index contributed by atoms with van der Waals surface area (Å²) in [5.74, 6) is 0.283. The number of nitrogens with zero attached hydrogens (tertiary/aromatic N) is 2. The average molecular weight is 412 g/mol. The highest BCUT2D eigenvalue weighted by Crippen LogP contribution is 2.37. The fraction of sp³-hybridized carbons (Fsp3) is 0.261. The fourth-order valence-electron chi connectivity index (χ4n) is 3.35. The van der Waals surface area contributed by atoms with Crippen molar-refractivity contribution in [3.8, 4) is 11.5 Å². The molecular formula is C23H22F2N2O3. The molecule has 1 aromatic heterocycles. The molecule has 7 heteroatoms. The van der Waals surface area contributed by atoms with E-state index in [1.54, 1.807) is 24.5 Å². The van der Waals surface area contributed by atoms with Crippen LogP contribution in [-0.4, -0.2) is 30.9 Å². The van der Waals surface area contributed by atoms with E-state index >= 15 is 0 Å². The molecule has 3 aromatic rings. The number of para-hydroxylation sites is 1. The van der Waals surface area contributed by atoms with Crippen molar-refractivity contribution in [3.63, 3.8) is 0 Å². The summed E-state index contributed by atoms with van der Waals surface area (Å²) < 4.78 is 41.8. The number of pyridine rings is 1. The first-order chi connectivity index (χ1) is 14.7. The molecule has 2 heterocycles. The van der Waals surface area contributed by atoms with E-state index in [1.807, 2.05) is 42.5 Å². The molecule has 0 aliphatic carbocycles. The molecule has 1 aliphatic rings. The van der Waals surface area contributed by atoms with Crippen molar-refractivity contribution in [2.75, 3.05) is 18.1 Å². The van der Waals surface area contributed by atoms with Gasteiger partial charge in [-0.15, -0.1) is 0 Å². The number of halogens is 2. The minimum absolute atomic E-state index is 0.00930. The quantitative estimate of drug-likeness (QED) is 0.510. The van der Waals surface area contributed by atoms with Gasteiger partial charge in [0.15, 0.2) is 11.5 Å². The second kappa shape index (κ2) is 9.54. The van der Waals surface area contributed by atoms with Crippen molar-refractivity contribution in [1.29, 1.82) is 0 Å². The van der Waals surface area contributed by atoms with Gasteiger partial charge in [0.05, 0.1) is 13.2 Å². The van der Waals surface area contributed by atoms with Gasteiger partial charge in [-0.1, -0.05) is 24.3 Å². The topological polar surface area (TPSA) is 43.8 Å². The first-order valence-corrected chi connectivity index (χ1v) is 9.74. The zero-order valence-corrected chi connectivity index (χ0v) is 16.3. The number of aromatic nitrogens is 1. The molecule has 4 rings (SSSR count). The van der Waals surface area contributed by atoms with Crippen LogP contribution in [0.2, 0.25) is 0 Å². The fourth-order valence-corrected chi connectivity index (χ4v) is 3.35. The Morgan fingerprint density at radius 3 is 2.60 bits per heavy atom. The summed E-state index contributed by atoms with van der Waals surface area (Å²) in [6.07, 6.45) is 4.04. The van der Waals surface area contributed by atoms with Gasteiger partial charge in [-0.2, -0.15) is 8.78 Å². The normalized spacial score (nSPS) is 15.9. The number of ether oxygens (including phenoxy) is 3. The Labute approximate surface area is 173 Å². The second-order valence-electron chi connectivity index (χ2n) is 6.90. The van der Waals surface area contributed by atoms with E-state index in [2.05, 4.69) is 14.6 Å². The smallest absolute Gasteiger partial charge is 0.387 e. The molecule has 30 heavy (non-hydrogen) atoms. The molecule has 0 spiro atoms. The molecule has 0 saturated carbocycles. The molecule has 1 atom stereocenters. The van der Waals surface area contributed by atoms with Crippen molar-refractivity contribution in [1.82, 2.24) is 4.98 Å². The lowest BCUT2D eigenvalue weighted by atomic mass is 10.1. The molecule has 0 amide bonds. The summed E-state index contributed by atoms with van der Waals surface area (Å²) in [4.78, 5) is 6.26. The lowest BCUT2D eigenvalue weighted by molar-refractivity contribution is -0.0520. The molecule has 0 N–H and O–H groups in total. The Hall–Kier alpha value is -3.19. The van der Waals surface area contributed by atoms with Gasteiger partial charge in [-0.3, -0.25) is 4.98 Å². The van der Waals surface area contributed by atoms with Gasteiger partial charge in [0.25, 0.3) is 0 Å². The van der Waals surface area contributed by atoms with Gasteiger partial charge >= 0.3 is 6.61 Å². The summed E-state index contributed by atoms with van der Waals surface area (Å²) in [5, 5.41) is 0. The van der Waals surface area contributed by atoms with E-state index in [-0.39, 0.29) is 17.6 Å². The Balaban J connectivity index is 1.69. The van der Waals surface area contributed by atoms with Crippen molar-refractivity contribution < 1.29 is 23.0 Å². The second-order valence-corrected chi connectivity index (χ2v) is 6.90. The summed E-state index contributed by atoms with van der Waals surface area (Å²) in [5.41, 5.74) is 2.76. The lowest BCUT2D eigenvalue weighted by Gasteiger charge is -2.26. The molecule has 0 unspecified atom stereocenters. The predicted molar refractivity (Wildman–Crippen MR) is 109 cm³/mol. The zero-order valence-electron chi connectivity index (χ0n) is 16.3. The molecule has 1 fully saturated rings. The largest absolute Gasteiger partial charge is 0.484 e. The highest BCUT2D eigenvalue weighted by molar-refractivity contribution is 5.66. The van der Waals surface area contributed by atoms with Crippen LogP contribution in [0.1, 0.15) is 12.0 Å². The van der Waals surface area contributed by atoms with Crippen LogP contribution >= 0.6 is 0 Å². The van der Waals surface area contributed by atoms with Crippen molar-refractivity contribution in [2.45, 2.75) is 25.7 Å². The lowest BCUT2D eigenvalue weighted by Crippen LogP contribution is -2.19. The first-order valence-electron chi connectivity index (χ1n) is 9.74. The van der Waals surface area contributed by atoms with Gasteiger partial charge in [-0.25, -0.2) is 0 Å². The third kappa shape index (κ3) is 5.04. The monoisotopic (exact) mass is 412 g/mol. The summed E-state index contributed by atoms with van der Waals surface area (Å²) in [6.45, 7) is -1.36. The average Bonchev–Trinajstić information content (AvgIpc) is 3.27. The summed E-state index contributed by atoms with van der Waals surface area (Å²) >= 11 is 0. The van der Waals surface area contributed by atoms with Gasteiger partial charge in [0.2, 0.25) is 0 Å². The maximum Gasteiger partial charge on any atom is 0.387 e. The first kappa shape index (κ1) is 20.1. The van der Waals surface area contributed by atoms with E-state index in [4.69, 9.17) is 9.47 Å². The number of benzene rings is 2. The van der Waals surface area contributed by atoms with E-state index < -0.39 is 6.61 Å². The maximum absolute atomic E-state index is 12.9. The van der Waals surface area contributed by atoms with Crippen LogP contribution in [0.25, 0.3) is 0 Å². The van der Waals surface area contributed by atoms with E-state index in [0.29, 0.717) is 26.2 Å². The van der Waals surface area contributed by atoms with Crippen LogP contribution in [0, 0.1) is 0 Å². The van der Waals surface area contributed by atoms with Crippen LogP contribution in [0.3, 0.4) is 0 Å². The van der Waals surface area contributed by atoms with Crippen molar-refractivity contribution in [2.24, 2.45) is 0 Å². The Kier molecular flexibility index (Phi) is 6.39. The van der Waals surface area contributed by atoms with Gasteiger partial charge in [0, 0.05) is 42.8 Å². The van der Waals surface area contributed by atoms with Crippen molar-refractivity contribution in [3.05, 3.63) is 78.6 Å². The third-order valence-electron chi connectivity index (χ3n) is 4.77. The molecular weight excluding hydrogens is 390 g/mol. The minimum atomic E-state index is -2.93. The van der Waals surface area contributed by atoms with Gasteiger partial charge < -0.3 is 19.1 Å². The Bertz CT molecular complexity index is 936. The number of hydrogen-bond donors (Lipinski definition) is 0. The Morgan fingerprint density at radius 2 is 1.90 bits per heavy atom. The highest BCUT2D eigenvalue weighted by Gasteiger charge is 2.22. The van der Waals surface area contributed by atoms with Gasteiger partial charge in [-0.05, 0) is 35.9 Å². The molecule has 1 aliphatic heterocycles. The van der Waals surface area contributed by atoms with E-state index in [0.717, 1.165) is 16.9 Å². The molecule has 5 nitrogen and oxygen atoms in total. The molecule has 156 valence electrons. The number of anilines is 2. The van der Waals surface area contributed by atoms with Crippen LogP contribution in [-0.2, 0) is 11.3 Å². The predicted octanol–water partition coefficient (Wildman–Crippen LogP) is 5.19. The van der Waals surface area contributed by atoms with Crippen LogP contribution < -0.4 is 14.4 Å². The van der Waals surface area contributed by atoms with Crippen LogP contribution in [0.4, 0.5) is 20.2 Å². The third-order valence-corrected chi connectivity index (χ3v) is 4.77. The van der Waals surface area contributed by atoms with Crippen LogP contribution in [0.15, 0.2) is 73.1 Å².